The fraction of sp³-hybridized carbons (Fsp3) is 0.909. The SMILES string of the molecule is CC(C)C(CN1CCC(F)(F)CC1)C(=O)O. The maximum absolute atomic E-state index is 12.9. The largest absolute Gasteiger partial charge is 0.481 e. The van der Waals surface area contributed by atoms with Gasteiger partial charge in [-0.15, -0.1) is 0 Å². The van der Waals surface area contributed by atoms with E-state index in [1.165, 1.54) is 0 Å². The highest BCUT2D eigenvalue weighted by molar-refractivity contribution is 5.70. The Labute approximate surface area is 94.4 Å². The number of piperidine rings is 1. The van der Waals surface area contributed by atoms with Crippen molar-refractivity contribution in [1.29, 1.82) is 0 Å². The van der Waals surface area contributed by atoms with E-state index in [4.69, 9.17) is 5.11 Å². The maximum Gasteiger partial charge on any atom is 0.308 e. The van der Waals surface area contributed by atoms with Crippen LogP contribution in [-0.4, -0.2) is 41.5 Å². The van der Waals surface area contributed by atoms with Crippen molar-refractivity contribution in [2.75, 3.05) is 19.6 Å². The molecule has 1 rings (SSSR count). The average molecular weight is 235 g/mol. The highest BCUT2D eigenvalue weighted by atomic mass is 19.3. The third-order valence-electron chi connectivity index (χ3n) is 3.16. The van der Waals surface area contributed by atoms with E-state index < -0.39 is 17.8 Å². The molecule has 1 atom stereocenters. The number of alkyl halides is 2. The lowest BCUT2D eigenvalue weighted by molar-refractivity contribution is -0.144. The summed E-state index contributed by atoms with van der Waals surface area (Å²) in [5.41, 5.74) is 0. The number of hydrogen-bond acceptors (Lipinski definition) is 2. The molecule has 94 valence electrons. The highest BCUT2D eigenvalue weighted by Gasteiger charge is 2.35. The minimum Gasteiger partial charge on any atom is -0.481 e. The summed E-state index contributed by atoms with van der Waals surface area (Å²) in [7, 11) is 0. The number of aliphatic carboxylic acids is 1. The Balaban J connectivity index is 2.46. The number of hydrogen-bond donors (Lipinski definition) is 1. The predicted molar refractivity (Wildman–Crippen MR) is 56.6 cm³/mol. The van der Waals surface area contributed by atoms with E-state index in [9.17, 15) is 13.6 Å². The van der Waals surface area contributed by atoms with Gasteiger partial charge in [0.15, 0.2) is 0 Å². The Morgan fingerprint density at radius 2 is 1.88 bits per heavy atom. The zero-order valence-electron chi connectivity index (χ0n) is 9.75. The molecule has 0 aromatic rings. The summed E-state index contributed by atoms with van der Waals surface area (Å²) in [5.74, 6) is -3.84. The quantitative estimate of drug-likeness (QED) is 0.811. The second-order valence-electron chi connectivity index (χ2n) is 4.85. The van der Waals surface area contributed by atoms with Gasteiger partial charge in [-0.2, -0.15) is 0 Å². The van der Waals surface area contributed by atoms with Gasteiger partial charge in [-0.1, -0.05) is 13.8 Å². The second-order valence-corrected chi connectivity index (χ2v) is 4.85. The molecule has 0 radical (unpaired) electrons. The Morgan fingerprint density at radius 3 is 2.25 bits per heavy atom. The van der Waals surface area contributed by atoms with Crippen molar-refractivity contribution < 1.29 is 18.7 Å². The van der Waals surface area contributed by atoms with Crippen LogP contribution in [0.2, 0.25) is 0 Å². The Bertz CT molecular complexity index is 246. The van der Waals surface area contributed by atoms with Crippen molar-refractivity contribution in [2.45, 2.75) is 32.6 Å². The Hall–Kier alpha value is -0.710. The number of rotatable bonds is 4. The first-order valence-electron chi connectivity index (χ1n) is 5.65. The zero-order chi connectivity index (χ0) is 12.3. The molecular weight excluding hydrogens is 216 g/mol. The van der Waals surface area contributed by atoms with Gasteiger partial charge >= 0.3 is 5.97 Å². The lowest BCUT2D eigenvalue weighted by Gasteiger charge is -2.33. The van der Waals surface area contributed by atoms with E-state index in [0.29, 0.717) is 19.6 Å². The van der Waals surface area contributed by atoms with Crippen LogP contribution in [0.4, 0.5) is 8.78 Å². The minimum atomic E-state index is -2.56. The average Bonchev–Trinajstić information content (AvgIpc) is 2.15. The third-order valence-corrected chi connectivity index (χ3v) is 3.16. The van der Waals surface area contributed by atoms with Gasteiger partial charge in [-0.3, -0.25) is 4.79 Å². The fourth-order valence-corrected chi connectivity index (χ4v) is 1.91. The van der Waals surface area contributed by atoms with Crippen molar-refractivity contribution in [3.05, 3.63) is 0 Å². The summed E-state index contributed by atoms with van der Waals surface area (Å²) in [6.07, 6.45) is -0.311. The van der Waals surface area contributed by atoms with Crippen LogP contribution in [0, 0.1) is 11.8 Å². The summed E-state index contributed by atoms with van der Waals surface area (Å²) in [5, 5.41) is 9.00. The molecule has 0 spiro atoms. The number of nitrogens with zero attached hydrogens (tertiary/aromatic N) is 1. The molecule has 0 aromatic heterocycles. The molecule has 0 bridgehead atoms. The molecule has 5 heteroatoms. The third kappa shape index (κ3) is 3.70. The molecule has 3 nitrogen and oxygen atoms in total. The molecule has 0 amide bonds. The minimum absolute atomic E-state index is 0.0277. The van der Waals surface area contributed by atoms with E-state index in [-0.39, 0.29) is 18.8 Å². The highest BCUT2D eigenvalue weighted by Crippen LogP contribution is 2.28. The first-order chi connectivity index (χ1) is 7.32. The van der Waals surface area contributed by atoms with Crippen molar-refractivity contribution in [3.8, 4) is 0 Å². The molecule has 1 unspecified atom stereocenters. The van der Waals surface area contributed by atoms with Crippen LogP contribution >= 0.6 is 0 Å². The van der Waals surface area contributed by atoms with Gasteiger partial charge in [-0.05, 0) is 5.92 Å². The van der Waals surface area contributed by atoms with Crippen LogP contribution in [0.25, 0.3) is 0 Å². The lowest BCUT2D eigenvalue weighted by Crippen LogP contribution is -2.43. The van der Waals surface area contributed by atoms with Crippen molar-refractivity contribution in [1.82, 2.24) is 4.90 Å². The Morgan fingerprint density at radius 1 is 1.38 bits per heavy atom. The molecule has 1 saturated heterocycles. The number of likely N-dealkylation sites (tertiary alicyclic amines) is 1. The number of carboxylic acid groups (broad SMARTS) is 1. The van der Waals surface area contributed by atoms with Crippen LogP contribution in [0.3, 0.4) is 0 Å². The predicted octanol–water partition coefficient (Wildman–Crippen LogP) is 2.07. The molecule has 0 aliphatic carbocycles. The van der Waals surface area contributed by atoms with Gasteiger partial charge in [-0.25, -0.2) is 8.78 Å². The molecule has 16 heavy (non-hydrogen) atoms. The topological polar surface area (TPSA) is 40.5 Å². The van der Waals surface area contributed by atoms with E-state index in [1.54, 1.807) is 0 Å². The number of halogens is 2. The molecule has 1 heterocycles. The second kappa shape index (κ2) is 5.08. The van der Waals surface area contributed by atoms with Crippen molar-refractivity contribution in [2.24, 2.45) is 11.8 Å². The maximum atomic E-state index is 12.9. The van der Waals surface area contributed by atoms with Gasteiger partial charge in [0.2, 0.25) is 0 Å². The van der Waals surface area contributed by atoms with Gasteiger partial charge in [0.25, 0.3) is 5.92 Å². The van der Waals surface area contributed by atoms with Crippen molar-refractivity contribution >= 4 is 5.97 Å². The van der Waals surface area contributed by atoms with Crippen molar-refractivity contribution in [3.63, 3.8) is 0 Å². The Kier molecular flexibility index (Phi) is 4.24. The van der Waals surface area contributed by atoms with Crippen LogP contribution < -0.4 is 0 Å². The summed E-state index contributed by atoms with van der Waals surface area (Å²) < 4.78 is 25.8. The molecule has 0 saturated carbocycles. The summed E-state index contributed by atoms with van der Waals surface area (Å²) in [6, 6.07) is 0. The molecule has 1 aliphatic rings. The molecule has 1 aliphatic heterocycles. The fourth-order valence-electron chi connectivity index (χ4n) is 1.91. The van der Waals surface area contributed by atoms with Gasteiger partial charge < -0.3 is 10.0 Å². The monoisotopic (exact) mass is 235 g/mol. The first kappa shape index (κ1) is 13.4. The van der Waals surface area contributed by atoms with Crippen LogP contribution in [0.5, 0.6) is 0 Å². The van der Waals surface area contributed by atoms with Gasteiger partial charge in [0.1, 0.15) is 0 Å². The molecule has 1 fully saturated rings. The van der Waals surface area contributed by atoms with E-state index in [1.807, 2.05) is 18.7 Å². The number of carboxylic acids is 1. The van der Waals surface area contributed by atoms with Crippen LogP contribution in [-0.2, 0) is 4.79 Å². The van der Waals surface area contributed by atoms with E-state index in [0.717, 1.165) is 0 Å². The van der Waals surface area contributed by atoms with Crippen LogP contribution in [0.1, 0.15) is 26.7 Å². The first-order valence-corrected chi connectivity index (χ1v) is 5.65. The summed E-state index contributed by atoms with van der Waals surface area (Å²) >= 11 is 0. The van der Waals surface area contributed by atoms with E-state index in [2.05, 4.69) is 0 Å². The zero-order valence-corrected chi connectivity index (χ0v) is 9.75. The molecular formula is C11H19F2NO2. The normalized spacial score (nSPS) is 23.3. The van der Waals surface area contributed by atoms with Crippen LogP contribution in [0.15, 0.2) is 0 Å². The number of carbonyl (C=O) groups is 1. The van der Waals surface area contributed by atoms with E-state index >= 15 is 0 Å². The summed E-state index contributed by atoms with van der Waals surface area (Å²) in [4.78, 5) is 12.8. The lowest BCUT2D eigenvalue weighted by atomic mass is 9.94. The standard InChI is InChI=1S/C11H19F2NO2/c1-8(2)9(10(15)16)7-14-5-3-11(12,13)4-6-14/h8-9H,3-7H2,1-2H3,(H,15,16). The van der Waals surface area contributed by atoms with Gasteiger partial charge in [0, 0.05) is 32.5 Å². The summed E-state index contributed by atoms with van der Waals surface area (Å²) in [6.45, 7) is 4.66. The van der Waals surface area contributed by atoms with Gasteiger partial charge in [0.05, 0.1) is 5.92 Å². The molecule has 1 N–H and O–H groups in total. The molecule has 0 aromatic carbocycles. The smallest absolute Gasteiger partial charge is 0.308 e.